The highest BCUT2D eigenvalue weighted by Crippen LogP contribution is 2.31. The van der Waals surface area contributed by atoms with Crippen LogP contribution >= 0.6 is 0 Å². The lowest BCUT2D eigenvalue weighted by molar-refractivity contribution is -0.274. The van der Waals surface area contributed by atoms with Crippen molar-refractivity contribution in [2.24, 2.45) is 0 Å². The molecule has 1 rings (SSSR count). The third-order valence-corrected chi connectivity index (χ3v) is 2.73. The molecular weight excluding hydrogens is 217 g/mol. The van der Waals surface area contributed by atoms with Gasteiger partial charge >= 0.3 is 6.36 Å². The monoisotopic (exact) mass is 232 g/mol. The topological polar surface area (TPSA) is 9.23 Å². The van der Waals surface area contributed by atoms with Gasteiger partial charge in [0.25, 0.3) is 0 Å². The van der Waals surface area contributed by atoms with E-state index in [2.05, 4.69) is 4.74 Å². The molecule has 90 valence electrons. The van der Waals surface area contributed by atoms with E-state index in [9.17, 15) is 13.2 Å². The molecule has 0 spiro atoms. The van der Waals surface area contributed by atoms with Crippen LogP contribution in [0.25, 0.3) is 0 Å². The molecule has 1 aromatic carbocycles. The van der Waals surface area contributed by atoms with Gasteiger partial charge in [0.2, 0.25) is 0 Å². The first kappa shape index (κ1) is 12.9. The number of benzene rings is 1. The van der Waals surface area contributed by atoms with Crippen LogP contribution in [0.4, 0.5) is 13.2 Å². The Labute approximate surface area is 93.2 Å². The van der Waals surface area contributed by atoms with E-state index in [-0.39, 0.29) is 11.2 Å². The second-order valence-electron chi connectivity index (χ2n) is 4.31. The molecular formula is C12H15F3O. The van der Waals surface area contributed by atoms with Gasteiger partial charge in [0.05, 0.1) is 0 Å². The van der Waals surface area contributed by atoms with Crippen molar-refractivity contribution < 1.29 is 17.9 Å². The van der Waals surface area contributed by atoms with E-state index in [1.807, 2.05) is 26.8 Å². The van der Waals surface area contributed by atoms with Crippen molar-refractivity contribution in [2.75, 3.05) is 0 Å². The summed E-state index contributed by atoms with van der Waals surface area (Å²) in [4.78, 5) is 0. The third-order valence-electron chi connectivity index (χ3n) is 2.73. The van der Waals surface area contributed by atoms with Crippen LogP contribution in [-0.2, 0) is 5.41 Å². The Hall–Kier alpha value is -1.19. The van der Waals surface area contributed by atoms with Crippen LogP contribution < -0.4 is 4.74 Å². The summed E-state index contributed by atoms with van der Waals surface area (Å²) in [5.41, 5.74) is 0.696. The summed E-state index contributed by atoms with van der Waals surface area (Å²) in [7, 11) is 0. The average Bonchev–Trinajstić information content (AvgIpc) is 2.15. The lowest BCUT2D eigenvalue weighted by atomic mass is 9.82. The van der Waals surface area contributed by atoms with Crippen molar-refractivity contribution in [3.05, 3.63) is 29.8 Å². The van der Waals surface area contributed by atoms with Gasteiger partial charge in [0, 0.05) is 0 Å². The van der Waals surface area contributed by atoms with Crippen LogP contribution in [0, 0.1) is 0 Å². The molecule has 1 nitrogen and oxygen atoms in total. The molecule has 0 N–H and O–H groups in total. The molecule has 0 aliphatic carbocycles. The number of ether oxygens (including phenoxy) is 1. The largest absolute Gasteiger partial charge is 0.573 e. The zero-order chi connectivity index (χ0) is 12.4. The first-order valence-corrected chi connectivity index (χ1v) is 5.11. The SMILES string of the molecule is CCC(C)(C)c1cccc(OC(F)(F)F)c1. The van der Waals surface area contributed by atoms with Gasteiger partial charge in [0.15, 0.2) is 0 Å². The van der Waals surface area contributed by atoms with Crippen LogP contribution in [0.1, 0.15) is 32.8 Å². The molecule has 0 aliphatic rings. The van der Waals surface area contributed by atoms with Gasteiger partial charge in [-0.3, -0.25) is 0 Å². The maximum atomic E-state index is 12.0. The summed E-state index contributed by atoms with van der Waals surface area (Å²) in [5.74, 6) is -0.161. The summed E-state index contributed by atoms with van der Waals surface area (Å²) >= 11 is 0. The zero-order valence-electron chi connectivity index (χ0n) is 9.56. The second kappa shape index (κ2) is 4.36. The molecule has 0 unspecified atom stereocenters. The van der Waals surface area contributed by atoms with Crippen LogP contribution in [0.3, 0.4) is 0 Å². The molecule has 0 fully saturated rings. The Morgan fingerprint density at radius 2 is 1.81 bits per heavy atom. The van der Waals surface area contributed by atoms with Gasteiger partial charge in [-0.2, -0.15) is 0 Å². The van der Waals surface area contributed by atoms with E-state index in [0.717, 1.165) is 12.0 Å². The summed E-state index contributed by atoms with van der Waals surface area (Å²) in [5, 5.41) is 0. The second-order valence-corrected chi connectivity index (χ2v) is 4.31. The molecule has 0 radical (unpaired) electrons. The Morgan fingerprint density at radius 1 is 1.19 bits per heavy atom. The highest BCUT2D eigenvalue weighted by molar-refractivity contribution is 5.33. The van der Waals surface area contributed by atoms with Crippen molar-refractivity contribution in [2.45, 2.75) is 39.0 Å². The van der Waals surface area contributed by atoms with Crippen molar-refractivity contribution in [1.29, 1.82) is 0 Å². The van der Waals surface area contributed by atoms with Crippen molar-refractivity contribution in [1.82, 2.24) is 0 Å². The van der Waals surface area contributed by atoms with Crippen molar-refractivity contribution in [3.63, 3.8) is 0 Å². The van der Waals surface area contributed by atoms with Gasteiger partial charge in [-0.25, -0.2) is 0 Å². The molecule has 0 saturated heterocycles. The molecule has 0 saturated carbocycles. The number of alkyl halides is 3. The van der Waals surface area contributed by atoms with E-state index in [1.54, 1.807) is 6.07 Å². The smallest absolute Gasteiger partial charge is 0.406 e. The molecule has 0 aliphatic heterocycles. The fraction of sp³-hybridized carbons (Fsp3) is 0.500. The zero-order valence-corrected chi connectivity index (χ0v) is 9.56. The van der Waals surface area contributed by atoms with Crippen LogP contribution in [0.15, 0.2) is 24.3 Å². The lowest BCUT2D eigenvalue weighted by Crippen LogP contribution is -2.19. The Morgan fingerprint density at radius 3 is 2.31 bits per heavy atom. The molecule has 4 heteroatoms. The first-order valence-electron chi connectivity index (χ1n) is 5.11. The Kier molecular flexibility index (Phi) is 3.51. The summed E-state index contributed by atoms with van der Waals surface area (Å²) in [6, 6.07) is 6.14. The minimum Gasteiger partial charge on any atom is -0.406 e. The average molecular weight is 232 g/mol. The fourth-order valence-electron chi connectivity index (χ4n) is 1.32. The molecule has 16 heavy (non-hydrogen) atoms. The lowest BCUT2D eigenvalue weighted by Gasteiger charge is -2.23. The number of hydrogen-bond donors (Lipinski definition) is 0. The fourth-order valence-corrected chi connectivity index (χ4v) is 1.32. The summed E-state index contributed by atoms with van der Waals surface area (Å²) in [6.07, 6.45) is -3.78. The van der Waals surface area contributed by atoms with E-state index in [4.69, 9.17) is 0 Å². The van der Waals surface area contributed by atoms with Crippen molar-refractivity contribution in [3.8, 4) is 5.75 Å². The van der Waals surface area contributed by atoms with Crippen LogP contribution in [0.5, 0.6) is 5.75 Å². The molecule has 0 heterocycles. The Bertz CT molecular complexity index is 356. The highest BCUT2D eigenvalue weighted by atomic mass is 19.4. The van der Waals surface area contributed by atoms with Gasteiger partial charge in [0.1, 0.15) is 5.75 Å². The van der Waals surface area contributed by atoms with E-state index < -0.39 is 6.36 Å². The van der Waals surface area contributed by atoms with Crippen LogP contribution in [0.2, 0.25) is 0 Å². The molecule has 0 aromatic heterocycles. The summed E-state index contributed by atoms with van der Waals surface area (Å²) in [6.45, 7) is 5.97. The summed E-state index contributed by atoms with van der Waals surface area (Å²) < 4.78 is 40.0. The van der Waals surface area contributed by atoms with E-state index in [0.29, 0.717) is 0 Å². The number of halogens is 3. The molecule has 0 amide bonds. The predicted molar refractivity (Wildman–Crippen MR) is 56.4 cm³/mol. The van der Waals surface area contributed by atoms with Crippen LogP contribution in [-0.4, -0.2) is 6.36 Å². The third kappa shape index (κ3) is 3.43. The first-order chi connectivity index (χ1) is 7.24. The maximum Gasteiger partial charge on any atom is 0.573 e. The number of hydrogen-bond acceptors (Lipinski definition) is 1. The number of rotatable bonds is 3. The van der Waals surface area contributed by atoms with Gasteiger partial charge in [-0.1, -0.05) is 32.9 Å². The minimum absolute atomic E-state index is 0.148. The van der Waals surface area contributed by atoms with E-state index in [1.165, 1.54) is 12.1 Å². The quantitative estimate of drug-likeness (QED) is 0.756. The standard InChI is InChI=1S/C12H15F3O/c1-4-11(2,3)9-6-5-7-10(8-9)16-12(13,14)15/h5-8H,4H2,1-3H3. The maximum absolute atomic E-state index is 12.0. The molecule has 1 aromatic rings. The van der Waals surface area contributed by atoms with Gasteiger partial charge in [-0.15, -0.1) is 13.2 Å². The molecule has 0 bridgehead atoms. The normalized spacial score (nSPS) is 12.6. The van der Waals surface area contributed by atoms with E-state index >= 15 is 0 Å². The Balaban J connectivity index is 2.96. The van der Waals surface area contributed by atoms with Crippen molar-refractivity contribution >= 4 is 0 Å². The predicted octanol–water partition coefficient (Wildman–Crippen LogP) is 4.27. The highest BCUT2D eigenvalue weighted by Gasteiger charge is 2.31. The minimum atomic E-state index is -4.63. The van der Waals surface area contributed by atoms with Gasteiger partial charge < -0.3 is 4.74 Å². The molecule has 0 atom stereocenters. The van der Waals surface area contributed by atoms with Gasteiger partial charge in [-0.05, 0) is 29.5 Å².